The van der Waals surface area contributed by atoms with Crippen LogP contribution in [-0.4, -0.2) is 15.3 Å². The Hall–Kier alpha value is -1.64. The number of rotatable bonds is 0. The summed E-state index contributed by atoms with van der Waals surface area (Å²) in [4.78, 5) is 0. The Balaban J connectivity index is 2.83. The normalized spacial score (nSPS) is 10.2. The summed E-state index contributed by atoms with van der Waals surface area (Å²) >= 11 is 0. The molecule has 0 radical (unpaired) electrons. The molecule has 0 atom stereocenters. The van der Waals surface area contributed by atoms with Gasteiger partial charge in [0.05, 0.1) is 12.4 Å². The molecular formula is C8H6N2O. The van der Waals surface area contributed by atoms with Gasteiger partial charge in [-0.05, 0) is 18.2 Å². The molecule has 1 N–H and O–H groups in total. The van der Waals surface area contributed by atoms with Gasteiger partial charge in [-0.3, -0.25) is 0 Å². The van der Waals surface area contributed by atoms with Crippen molar-refractivity contribution in [2.24, 2.45) is 0 Å². The first-order valence-corrected chi connectivity index (χ1v) is 3.26. The molecule has 0 aliphatic rings. The molecule has 0 aliphatic carbocycles. The summed E-state index contributed by atoms with van der Waals surface area (Å²) < 4.78 is 0. The Morgan fingerprint density at radius 3 is 2.55 bits per heavy atom. The van der Waals surface area contributed by atoms with Crippen LogP contribution in [-0.2, 0) is 0 Å². The Morgan fingerprint density at radius 1 is 1.00 bits per heavy atom. The number of aromatic hydroxyl groups is 1. The van der Waals surface area contributed by atoms with Crippen molar-refractivity contribution < 1.29 is 5.11 Å². The number of nitrogens with zero attached hydrogens (tertiary/aromatic N) is 2. The lowest BCUT2D eigenvalue weighted by Crippen LogP contribution is -1.78. The van der Waals surface area contributed by atoms with E-state index in [1.54, 1.807) is 30.6 Å². The Morgan fingerprint density at radius 2 is 1.73 bits per heavy atom. The molecule has 1 aromatic heterocycles. The second-order valence-corrected chi connectivity index (χ2v) is 2.30. The van der Waals surface area contributed by atoms with Crippen LogP contribution in [0.2, 0.25) is 0 Å². The van der Waals surface area contributed by atoms with E-state index in [0.29, 0.717) is 0 Å². The van der Waals surface area contributed by atoms with Gasteiger partial charge in [0.1, 0.15) is 5.75 Å². The van der Waals surface area contributed by atoms with Gasteiger partial charge >= 0.3 is 0 Å². The molecule has 0 fully saturated rings. The highest BCUT2D eigenvalue weighted by Gasteiger charge is 1.92. The molecule has 0 saturated carbocycles. The van der Waals surface area contributed by atoms with Crippen LogP contribution in [0.5, 0.6) is 5.75 Å². The first-order chi connectivity index (χ1) is 5.36. The largest absolute Gasteiger partial charge is 0.508 e. The molecular weight excluding hydrogens is 140 g/mol. The molecule has 0 amide bonds. The van der Waals surface area contributed by atoms with E-state index in [0.717, 1.165) is 10.8 Å². The molecule has 0 bridgehead atoms. The van der Waals surface area contributed by atoms with E-state index in [9.17, 15) is 0 Å². The Labute approximate surface area is 63.3 Å². The third kappa shape index (κ3) is 1.00. The van der Waals surface area contributed by atoms with Crippen LogP contribution >= 0.6 is 0 Å². The minimum Gasteiger partial charge on any atom is -0.508 e. The van der Waals surface area contributed by atoms with Crippen molar-refractivity contribution in [3.05, 3.63) is 30.6 Å². The highest BCUT2D eigenvalue weighted by molar-refractivity contribution is 5.81. The maximum atomic E-state index is 9.08. The van der Waals surface area contributed by atoms with Crippen LogP contribution < -0.4 is 0 Å². The van der Waals surface area contributed by atoms with Crippen molar-refractivity contribution in [3.63, 3.8) is 0 Å². The molecule has 2 aromatic rings. The number of phenols is 1. The standard InChI is InChI=1S/C8H6N2O/c11-8-2-1-6-4-9-10-5-7(6)3-8/h1-5,11H. The second-order valence-electron chi connectivity index (χ2n) is 2.30. The lowest BCUT2D eigenvalue weighted by atomic mass is 10.2. The van der Waals surface area contributed by atoms with Crippen molar-refractivity contribution >= 4 is 10.8 Å². The monoisotopic (exact) mass is 146 g/mol. The van der Waals surface area contributed by atoms with Crippen LogP contribution in [0.15, 0.2) is 30.6 Å². The van der Waals surface area contributed by atoms with Crippen molar-refractivity contribution in [3.8, 4) is 5.75 Å². The predicted molar refractivity (Wildman–Crippen MR) is 41.2 cm³/mol. The van der Waals surface area contributed by atoms with Crippen LogP contribution in [0.25, 0.3) is 10.8 Å². The highest BCUT2D eigenvalue weighted by atomic mass is 16.3. The second kappa shape index (κ2) is 2.20. The molecule has 0 saturated heterocycles. The summed E-state index contributed by atoms with van der Waals surface area (Å²) in [5.41, 5.74) is 0. The maximum Gasteiger partial charge on any atom is 0.116 e. The number of aromatic nitrogens is 2. The first-order valence-electron chi connectivity index (χ1n) is 3.26. The van der Waals surface area contributed by atoms with Gasteiger partial charge in [0.25, 0.3) is 0 Å². The van der Waals surface area contributed by atoms with Crippen molar-refractivity contribution in [1.29, 1.82) is 0 Å². The first kappa shape index (κ1) is 6.09. The minimum atomic E-state index is 0.255. The average Bonchev–Trinajstić information content (AvgIpc) is 2.04. The van der Waals surface area contributed by atoms with E-state index in [-0.39, 0.29) is 5.75 Å². The van der Waals surface area contributed by atoms with Gasteiger partial charge < -0.3 is 5.11 Å². The van der Waals surface area contributed by atoms with Gasteiger partial charge in [-0.1, -0.05) is 0 Å². The molecule has 0 spiro atoms. The van der Waals surface area contributed by atoms with Gasteiger partial charge in [-0.15, -0.1) is 0 Å². The van der Waals surface area contributed by atoms with Gasteiger partial charge in [0.2, 0.25) is 0 Å². The Kier molecular flexibility index (Phi) is 1.22. The number of fused-ring (bicyclic) bond motifs is 1. The van der Waals surface area contributed by atoms with E-state index in [2.05, 4.69) is 10.2 Å². The summed E-state index contributed by atoms with van der Waals surface area (Å²) in [5.74, 6) is 0.255. The summed E-state index contributed by atoms with van der Waals surface area (Å²) in [6.07, 6.45) is 3.28. The summed E-state index contributed by atoms with van der Waals surface area (Å²) in [6.45, 7) is 0. The molecule has 3 nitrogen and oxygen atoms in total. The highest BCUT2D eigenvalue weighted by Crippen LogP contribution is 2.16. The lowest BCUT2D eigenvalue weighted by Gasteiger charge is -1.94. The third-order valence-corrected chi connectivity index (χ3v) is 1.53. The van der Waals surface area contributed by atoms with E-state index in [1.807, 2.05) is 0 Å². The fourth-order valence-corrected chi connectivity index (χ4v) is 0.983. The van der Waals surface area contributed by atoms with E-state index >= 15 is 0 Å². The van der Waals surface area contributed by atoms with E-state index in [1.165, 1.54) is 0 Å². The third-order valence-electron chi connectivity index (χ3n) is 1.53. The molecule has 54 valence electrons. The van der Waals surface area contributed by atoms with E-state index < -0.39 is 0 Å². The van der Waals surface area contributed by atoms with Gasteiger partial charge in [-0.2, -0.15) is 10.2 Å². The molecule has 3 heteroatoms. The molecule has 0 aliphatic heterocycles. The minimum absolute atomic E-state index is 0.255. The molecule has 1 heterocycles. The molecule has 2 rings (SSSR count). The fourth-order valence-electron chi connectivity index (χ4n) is 0.983. The van der Waals surface area contributed by atoms with Gasteiger partial charge in [-0.25, -0.2) is 0 Å². The van der Waals surface area contributed by atoms with E-state index in [4.69, 9.17) is 5.11 Å². The smallest absolute Gasteiger partial charge is 0.116 e. The van der Waals surface area contributed by atoms with Crippen molar-refractivity contribution in [2.45, 2.75) is 0 Å². The van der Waals surface area contributed by atoms with Gasteiger partial charge in [0.15, 0.2) is 0 Å². The molecule has 0 unspecified atom stereocenters. The zero-order valence-corrected chi connectivity index (χ0v) is 5.73. The quantitative estimate of drug-likeness (QED) is 0.610. The lowest BCUT2D eigenvalue weighted by molar-refractivity contribution is 0.476. The zero-order valence-electron chi connectivity index (χ0n) is 5.73. The van der Waals surface area contributed by atoms with Crippen LogP contribution in [0.1, 0.15) is 0 Å². The van der Waals surface area contributed by atoms with Crippen LogP contribution in [0.4, 0.5) is 0 Å². The van der Waals surface area contributed by atoms with Crippen LogP contribution in [0.3, 0.4) is 0 Å². The van der Waals surface area contributed by atoms with Crippen molar-refractivity contribution in [1.82, 2.24) is 10.2 Å². The average molecular weight is 146 g/mol. The summed E-state index contributed by atoms with van der Waals surface area (Å²) in [7, 11) is 0. The van der Waals surface area contributed by atoms with Crippen LogP contribution in [0, 0.1) is 0 Å². The summed E-state index contributed by atoms with van der Waals surface area (Å²) in [6, 6.07) is 5.09. The van der Waals surface area contributed by atoms with Crippen molar-refractivity contribution in [2.75, 3.05) is 0 Å². The predicted octanol–water partition coefficient (Wildman–Crippen LogP) is 1.34. The molecule has 11 heavy (non-hydrogen) atoms. The number of phenolic OH excluding ortho intramolecular Hbond substituents is 1. The topological polar surface area (TPSA) is 46.0 Å². The zero-order chi connectivity index (χ0) is 7.68. The number of benzene rings is 1. The fraction of sp³-hybridized carbons (Fsp3) is 0. The summed E-state index contributed by atoms with van der Waals surface area (Å²) in [5, 5.41) is 18.4. The SMILES string of the molecule is Oc1ccc2cnncc2c1. The molecule has 1 aromatic carbocycles. The Bertz CT molecular complexity index is 387. The maximum absolute atomic E-state index is 9.08. The number of hydrogen-bond donors (Lipinski definition) is 1. The number of hydrogen-bond acceptors (Lipinski definition) is 3. The van der Waals surface area contributed by atoms with Gasteiger partial charge in [0, 0.05) is 10.8 Å².